The molecule has 0 radical (unpaired) electrons. The Balaban J connectivity index is 1.98. The van der Waals surface area contributed by atoms with Crippen molar-refractivity contribution in [3.63, 3.8) is 0 Å². The quantitative estimate of drug-likeness (QED) is 0.137. The summed E-state index contributed by atoms with van der Waals surface area (Å²) < 4.78 is 5.00. The Hall–Kier alpha value is -1.15. The van der Waals surface area contributed by atoms with E-state index >= 15 is 0 Å². The number of ether oxygens (including phenoxy) is 1. The van der Waals surface area contributed by atoms with Gasteiger partial charge in [-0.2, -0.15) is 0 Å². The van der Waals surface area contributed by atoms with Crippen LogP contribution < -0.4 is 0 Å². The zero-order valence-corrected chi connectivity index (χ0v) is 20.4. The van der Waals surface area contributed by atoms with E-state index in [1.54, 1.807) is 6.07 Å². The first-order valence-corrected chi connectivity index (χ1v) is 12.0. The summed E-state index contributed by atoms with van der Waals surface area (Å²) in [4.78, 5) is 25.6. The van der Waals surface area contributed by atoms with E-state index in [2.05, 4.69) is 20.9 Å². The number of aliphatic carboxylic acids is 1. The number of allylic oxidation sites excluding steroid dienone is 2. The minimum atomic E-state index is -0.793. The first kappa shape index (κ1) is 26.1. The number of aromatic nitrogens is 1. The number of unbranched alkanes of at least 4 members (excludes halogenated alkanes) is 1. The number of alkyl halides is 2. The number of aryl methyl sites for hydroxylation is 1. The fourth-order valence-electron chi connectivity index (χ4n) is 3.92. The van der Waals surface area contributed by atoms with Gasteiger partial charge in [-0.05, 0) is 61.6 Å². The van der Waals surface area contributed by atoms with Crippen molar-refractivity contribution >= 4 is 51.1 Å². The SMILES string of the molecule is CC(=O)OCc1cc(CC[C@H]2C(Cl)C(Br)C(O)[C@@H]2CC=CCCCC(=O)O)cc(Cl)n1. The number of hydrogen-bond donors (Lipinski definition) is 2. The molecule has 0 aliphatic heterocycles. The number of rotatable bonds is 11. The van der Waals surface area contributed by atoms with Crippen molar-refractivity contribution in [1.29, 1.82) is 0 Å². The molecule has 1 aromatic heterocycles. The second-order valence-corrected chi connectivity index (χ2v) is 9.76. The van der Waals surface area contributed by atoms with Crippen LogP contribution in [0.4, 0.5) is 0 Å². The third-order valence-electron chi connectivity index (χ3n) is 5.46. The second kappa shape index (κ2) is 12.8. The van der Waals surface area contributed by atoms with E-state index in [4.69, 9.17) is 33.0 Å². The summed E-state index contributed by atoms with van der Waals surface area (Å²) in [5.41, 5.74) is 1.56. The smallest absolute Gasteiger partial charge is 0.303 e. The van der Waals surface area contributed by atoms with E-state index in [1.807, 2.05) is 18.2 Å². The monoisotopic (exact) mass is 535 g/mol. The van der Waals surface area contributed by atoms with E-state index in [1.165, 1.54) is 6.92 Å². The number of aliphatic hydroxyl groups excluding tert-OH is 1. The number of nitrogens with zero attached hydrogens (tertiary/aromatic N) is 1. The first-order chi connectivity index (χ1) is 14.7. The van der Waals surface area contributed by atoms with E-state index in [0.29, 0.717) is 36.5 Å². The highest BCUT2D eigenvalue weighted by Crippen LogP contribution is 2.44. The first-order valence-electron chi connectivity index (χ1n) is 10.3. The number of hydrogen-bond acceptors (Lipinski definition) is 5. The summed E-state index contributed by atoms with van der Waals surface area (Å²) in [6.07, 6.45) is 7.02. The van der Waals surface area contributed by atoms with Gasteiger partial charge in [0.15, 0.2) is 0 Å². The molecule has 31 heavy (non-hydrogen) atoms. The lowest BCUT2D eigenvalue weighted by Gasteiger charge is -2.22. The van der Waals surface area contributed by atoms with Crippen LogP contribution in [0.15, 0.2) is 24.3 Å². The molecule has 2 rings (SSSR count). The second-order valence-electron chi connectivity index (χ2n) is 7.81. The van der Waals surface area contributed by atoms with Crippen LogP contribution in [-0.2, 0) is 27.4 Å². The van der Waals surface area contributed by atoms with Gasteiger partial charge >= 0.3 is 11.9 Å². The maximum Gasteiger partial charge on any atom is 0.303 e. The molecule has 9 heteroatoms. The lowest BCUT2D eigenvalue weighted by Crippen LogP contribution is -2.23. The Morgan fingerprint density at radius 3 is 2.71 bits per heavy atom. The third-order valence-corrected chi connectivity index (χ3v) is 7.67. The molecular formula is C22H28BrCl2NO5. The van der Waals surface area contributed by atoms with Crippen LogP contribution in [-0.4, -0.2) is 43.4 Å². The number of carbonyl (C=O) groups excluding carboxylic acids is 1. The molecule has 5 atom stereocenters. The summed E-state index contributed by atoms with van der Waals surface area (Å²) >= 11 is 16.3. The fraction of sp³-hybridized carbons (Fsp3) is 0.591. The number of halogens is 3. The molecule has 172 valence electrons. The molecule has 0 bridgehead atoms. The molecule has 1 aliphatic carbocycles. The van der Waals surface area contributed by atoms with Gasteiger partial charge in [-0.1, -0.05) is 39.7 Å². The van der Waals surface area contributed by atoms with Crippen molar-refractivity contribution in [3.8, 4) is 0 Å². The summed E-state index contributed by atoms with van der Waals surface area (Å²) in [5, 5.41) is 19.5. The number of pyridine rings is 1. The average Bonchev–Trinajstić information content (AvgIpc) is 2.90. The van der Waals surface area contributed by atoms with E-state index in [0.717, 1.165) is 12.0 Å². The molecule has 1 fully saturated rings. The normalized spacial score (nSPS) is 25.8. The number of esters is 1. The lowest BCUT2D eigenvalue weighted by molar-refractivity contribution is -0.142. The van der Waals surface area contributed by atoms with Gasteiger partial charge in [0.2, 0.25) is 0 Å². The van der Waals surface area contributed by atoms with Crippen molar-refractivity contribution in [2.45, 2.75) is 68.4 Å². The van der Waals surface area contributed by atoms with E-state index in [9.17, 15) is 14.7 Å². The molecule has 0 amide bonds. The zero-order valence-electron chi connectivity index (χ0n) is 17.3. The Kier molecular flexibility index (Phi) is 10.8. The highest BCUT2D eigenvalue weighted by atomic mass is 79.9. The number of carboxylic acid groups (broad SMARTS) is 1. The summed E-state index contributed by atoms with van der Waals surface area (Å²) in [7, 11) is 0. The van der Waals surface area contributed by atoms with E-state index in [-0.39, 0.29) is 41.0 Å². The summed E-state index contributed by atoms with van der Waals surface area (Å²) in [6.45, 7) is 1.41. The molecule has 1 heterocycles. The van der Waals surface area contributed by atoms with Crippen molar-refractivity contribution in [2.75, 3.05) is 0 Å². The van der Waals surface area contributed by atoms with Gasteiger partial charge in [0.1, 0.15) is 11.8 Å². The standard InChI is InChI=1S/C22H28BrCl2NO5/c1-13(27)31-12-15-10-14(11-18(24)26-15)8-9-16-17(22(30)20(23)21(16)25)6-4-2-3-5-7-19(28)29/h2,4,10-11,16-17,20-22,30H,3,5-9,12H2,1H3,(H,28,29)/t16-,17-,20?,21?,22?/m1/s1. The van der Waals surface area contributed by atoms with Gasteiger partial charge < -0.3 is 14.9 Å². The summed E-state index contributed by atoms with van der Waals surface area (Å²) in [6, 6.07) is 3.66. The topological polar surface area (TPSA) is 96.7 Å². The third kappa shape index (κ3) is 8.37. The van der Waals surface area contributed by atoms with Crippen LogP contribution in [0.5, 0.6) is 0 Å². The van der Waals surface area contributed by atoms with Gasteiger partial charge in [-0.15, -0.1) is 11.6 Å². The van der Waals surface area contributed by atoms with Gasteiger partial charge in [-0.25, -0.2) is 4.98 Å². The van der Waals surface area contributed by atoms with Crippen LogP contribution in [0.25, 0.3) is 0 Å². The van der Waals surface area contributed by atoms with Gasteiger partial charge in [0.25, 0.3) is 0 Å². The van der Waals surface area contributed by atoms with E-state index < -0.39 is 12.1 Å². The molecule has 3 unspecified atom stereocenters. The Labute approximate surface area is 201 Å². The largest absolute Gasteiger partial charge is 0.481 e. The highest BCUT2D eigenvalue weighted by Gasteiger charge is 2.46. The van der Waals surface area contributed by atoms with Gasteiger partial charge in [0.05, 0.1) is 22.0 Å². The van der Waals surface area contributed by atoms with Crippen molar-refractivity contribution in [3.05, 3.63) is 40.7 Å². The lowest BCUT2D eigenvalue weighted by atomic mass is 9.86. The molecule has 0 saturated heterocycles. The minimum Gasteiger partial charge on any atom is -0.481 e. The number of aliphatic hydroxyl groups is 1. The van der Waals surface area contributed by atoms with Crippen LogP contribution in [0.2, 0.25) is 5.15 Å². The van der Waals surface area contributed by atoms with Crippen molar-refractivity contribution in [2.24, 2.45) is 11.8 Å². The van der Waals surface area contributed by atoms with Gasteiger partial charge in [0, 0.05) is 13.3 Å². The molecule has 1 saturated carbocycles. The minimum absolute atomic E-state index is 0.000393. The van der Waals surface area contributed by atoms with Crippen LogP contribution in [0.3, 0.4) is 0 Å². The Bertz CT molecular complexity index is 791. The van der Waals surface area contributed by atoms with Crippen molar-refractivity contribution < 1.29 is 24.5 Å². The maximum atomic E-state index is 11.0. The predicted molar refractivity (Wildman–Crippen MR) is 124 cm³/mol. The molecular weight excluding hydrogens is 509 g/mol. The fourth-order valence-corrected chi connectivity index (χ4v) is 5.41. The molecule has 0 aromatic carbocycles. The predicted octanol–water partition coefficient (Wildman–Crippen LogP) is 4.91. The zero-order chi connectivity index (χ0) is 23.0. The number of carbonyl (C=O) groups is 2. The highest BCUT2D eigenvalue weighted by molar-refractivity contribution is 9.09. The molecule has 1 aliphatic rings. The van der Waals surface area contributed by atoms with Crippen LogP contribution in [0.1, 0.15) is 50.3 Å². The number of carboxylic acids is 1. The summed E-state index contributed by atoms with van der Waals surface area (Å²) in [5.74, 6) is -1.08. The average molecular weight is 537 g/mol. The molecule has 6 nitrogen and oxygen atoms in total. The molecule has 2 N–H and O–H groups in total. The van der Waals surface area contributed by atoms with Gasteiger partial charge in [-0.3, -0.25) is 9.59 Å². The Morgan fingerprint density at radius 1 is 1.29 bits per heavy atom. The maximum absolute atomic E-state index is 11.0. The molecule has 1 aromatic rings. The molecule has 0 spiro atoms. The van der Waals surface area contributed by atoms with Crippen molar-refractivity contribution in [1.82, 2.24) is 4.98 Å². The van der Waals surface area contributed by atoms with Crippen LogP contribution in [0, 0.1) is 11.8 Å². The van der Waals surface area contributed by atoms with Crippen LogP contribution >= 0.6 is 39.1 Å². The Morgan fingerprint density at radius 2 is 2.03 bits per heavy atom.